The third-order valence-electron chi connectivity index (χ3n) is 5.20. The van der Waals surface area contributed by atoms with Crippen LogP contribution < -0.4 is 10.7 Å². The molecule has 1 saturated heterocycles. The number of nitrogens with one attached hydrogen (secondary N) is 2. The van der Waals surface area contributed by atoms with Crippen molar-refractivity contribution in [1.29, 1.82) is 0 Å². The molecule has 0 aromatic heterocycles. The summed E-state index contributed by atoms with van der Waals surface area (Å²) in [5, 5.41) is 3.57. The molecule has 1 saturated carbocycles. The third-order valence-corrected chi connectivity index (χ3v) is 5.20. The summed E-state index contributed by atoms with van der Waals surface area (Å²) in [7, 11) is 0. The molecule has 2 N–H and O–H groups in total. The fraction of sp³-hybridized carbons (Fsp3) is 0.526. The van der Waals surface area contributed by atoms with Crippen LogP contribution in [0.4, 0.5) is 4.79 Å². The molecule has 6 nitrogen and oxygen atoms in total. The predicted octanol–water partition coefficient (Wildman–Crippen LogP) is 2.54. The van der Waals surface area contributed by atoms with Gasteiger partial charge in [0.2, 0.25) is 5.91 Å². The molecule has 6 heteroatoms. The molecule has 134 valence electrons. The van der Waals surface area contributed by atoms with Crippen LogP contribution in [-0.4, -0.2) is 28.4 Å². The van der Waals surface area contributed by atoms with Crippen LogP contribution in [0.5, 0.6) is 0 Å². The van der Waals surface area contributed by atoms with Crippen molar-refractivity contribution >= 4 is 17.8 Å². The number of carbonyl (C=O) groups is 3. The summed E-state index contributed by atoms with van der Waals surface area (Å²) in [6, 6.07) is 9.26. The van der Waals surface area contributed by atoms with Crippen LogP contribution in [0, 0.1) is 5.92 Å². The number of nitrogens with zero attached hydrogens (tertiary/aromatic N) is 1. The van der Waals surface area contributed by atoms with Crippen molar-refractivity contribution in [2.24, 2.45) is 5.92 Å². The fourth-order valence-corrected chi connectivity index (χ4v) is 3.64. The minimum absolute atomic E-state index is 0.261. The first-order valence-electron chi connectivity index (χ1n) is 8.98. The van der Waals surface area contributed by atoms with Crippen molar-refractivity contribution < 1.29 is 14.4 Å². The summed E-state index contributed by atoms with van der Waals surface area (Å²) >= 11 is 0. The van der Waals surface area contributed by atoms with E-state index >= 15 is 0 Å². The molecule has 2 fully saturated rings. The van der Waals surface area contributed by atoms with Gasteiger partial charge < -0.3 is 5.32 Å². The maximum absolute atomic E-state index is 12.7. The Morgan fingerprint density at radius 2 is 1.92 bits per heavy atom. The van der Waals surface area contributed by atoms with E-state index in [0.717, 1.165) is 36.3 Å². The normalized spacial score (nSPS) is 23.8. The fourth-order valence-electron chi connectivity index (χ4n) is 3.64. The third kappa shape index (κ3) is 4.00. The number of urea groups is 1. The topological polar surface area (TPSA) is 78.5 Å². The number of imide groups is 1. The van der Waals surface area contributed by atoms with Gasteiger partial charge in [-0.1, -0.05) is 43.2 Å². The van der Waals surface area contributed by atoms with E-state index in [9.17, 15) is 14.4 Å². The van der Waals surface area contributed by atoms with E-state index in [1.165, 1.54) is 0 Å². The molecular formula is C19H25N3O3. The molecule has 1 aliphatic heterocycles. The van der Waals surface area contributed by atoms with Crippen molar-refractivity contribution in [3.05, 3.63) is 35.9 Å². The van der Waals surface area contributed by atoms with Crippen molar-refractivity contribution in [2.45, 2.75) is 57.4 Å². The second-order valence-electron chi connectivity index (χ2n) is 7.28. The minimum Gasteiger partial charge on any atom is -0.322 e. The Balaban J connectivity index is 1.57. The molecule has 25 heavy (non-hydrogen) atoms. The van der Waals surface area contributed by atoms with Crippen LogP contribution in [0.15, 0.2) is 30.3 Å². The molecule has 0 radical (unpaired) electrons. The van der Waals surface area contributed by atoms with Gasteiger partial charge in [0.05, 0.1) is 0 Å². The Morgan fingerprint density at radius 1 is 1.24 bits per heavy atom. The standard InChI is InChI=1S/C19H25N3O3/c1-19(12-11-14-7-3-2-4-8-14)17(24)22(18(25)20-19)21-16(23)13-15-9-5-6-10-15/h2-4,7-8,15H,5-6,9-13H2,1H3,(H,20,25)(H,21,23). The summed E-state index contributed by atoms with van der Waals surface area (Å²) < 4.78 is 0. The SMILES string of the molecule is CC1(CCc2ccccc2)NC(=O)N(NC(=O)CC2CCCC2)C1=O. The first-order chi connectivity index (χ1) is 12.0. The van der Waals surface area contributed by atoms with Gasteiger partial charge in [0.1, 0.15) is 5.54 Å². The number of hydrogen-bond donors (Lipinski definition) is 2. The Kier molecular flexibility index (Phi) is 5.06. The lowest BCUT2D eigenvalue weighted by molar-refractivity contribution is -0.139. The van der Waals surface area contributed by atoms with Crippen LogP contribution in [0.2, 0.25) is 0 Å². The minimum atomic E-state index is -0.992. The summed E-state index contributed by atoms with van der Waals surface area (Å²) in [4.78, 5) is 37.0. The zero-order valence-electron chi connectivity index (χ0n) is 14.6. The van der Waals surface area contributed by atoms with Gasteiger partial charge in [-0.05, 0) is 44.1 Å². The number of amides is 4. The first kappa shape index (κ1) is 17.5. The second kappa shape index (κ2) is 7.25. The Hall–Kier alpha value is -2.37. The average Bonchev–Trinajstić information content (AvgIpc) is 3.17. The largest absolute Gasteiger partial charge is 0.344 e. The van der Waals surface area contributed by atoms with Gasteiger partial charge in [-0.25, -0.2) is 4.79 Å². The lowest BCUT2D eigenvalue weighted by Gasteiger charge is -2.22. The summed E-state index contributed by atoms with van der Waals surface area (Å²) in [6.45, 7) is 1.71. The van der Waals surface area contributed by atoms with Crippen LogP contribution in [0.1, 0.15) is 51.0 Å². The molecule has 1 unspecified atom stereocenters. The van der Waals surface area contributed by atoms with Crippen molar-refractivity contribution in [3.63, 3.8) is 0 Å². The lowest BCUT2D eigenvalue weighted by atomic mass is 9.93. The monoisotopic (exact) mass is 343 g/mol. The Labute approximate surface area is 147 Å². The maximum Gasteiger partial charge on any atom is 0.344 e. The lowest BCUT2D eigenvalue weighted by Crippen LogP contribution is -2.49. The van der Waals surface area contributed by atoms with E-state index in [0.29, 0.717) is 25.2 Å². The van der Waals surface area contributed by atoms with E-state index < -0.39 is 17.5 Å². The van der Waals surface area contributed by atoms with Gasteiger partial charge in [0, 0.05) is 6.42 Å². The molecule has 1 aromatic rings. The van der Waals surface area contributed by atoms with Crippen LogP contribution >= 0.6 is 0 Å². The molecule has 1 atom stereocenters. The van der Waals surface area contributed by atoms with E-state index in [1.807, 2.05) is 30.3 Å². The number of hydrazine groups is 1. The van der Waals surface area contributed by atoms with E-state index in [-0.39, 0.29) is 5.91 Å². The van der Waals surface area contributed by atoms with Crippen molar-refractivity contribution in [3.8, 4) is 0 Å². The van der Waals surface area contributed by atoms with Gasteiger partial charge in [0.15, 0.2) is 0 Å². The van der Waals surface area contributed by atoms with Crippen LogP contribution in [0.25, 0.3) is 0 Å². The first-order valence-corrected chi connectivity index (χ1v) is 8.98. The zero-order chi connectivity index (χ0) is 17.9. The van der Waals surface area contributed by atoms with Gasteiger partial charge in [0.25, 0.3) is 5.91 Å². The molecule has 0 bridgehead atoms. The van der Waals surface area contributed by atoms with Gasteiger partial charge >= 0.3 is 6.03 Å². The number of aryl methyl sites for hydroxylation is 1. The number of hydrogen-bond acceptors (Lipinski definition) is 3. The van der Waals surface area contributed by atoms with E-state index in [4.69, 9.17) is 0 Å². The highest BCUT2D eigenvalue weighted by Gasteiger charge is 2.48. The zero-order valence-corrected chi connectivity index (χ0v) is 14.6. The van der Waals surface area contributed by atoms with Crippen molar-refractivity contribution in [2.75, 3.05) is 0 Å². The molecule has 2 aliphatic rings. The molecule has 4 amide bonds. The average molecular weight is 343 g/mol. The quantitative estimate of drug-likeness (QED) is 0.779. The molecule has 1 aliphatic carbocycles. The maximum atomic E-state index is 12.7. The van der Waals surface area contributed by atoms with Gasteiger partial charge in [-0.15, -0.1) is 0 Å². The van der Waals surface area contributed by atoms with Gasteiger partial charge in [-0.2, -0.15) is 5.01 Å². The molecule has 3 rings (SSSR count). The Bertz CT molecular complexity index is 655. The molecule has 1 aromatic carbocycles. The number of benzene rings is 1. The number of rotatable bonds is 6. The highest BCUT2D eigenvalue weighted by molar-refractivity contribution is 6.07. The van der Waals surface area contributed by atoms with Crippen LogP contribution in [0.3, 0.4) is 0 Å². The summed E-state index contributed by atoms with van der Waals surface area (Å²) in [5.74, 6) is -0.291. The molecule has 1 heterocycles. The highest BCUT2D eigenvalue weighted by atomic mass is 16.2. The molecule has 0 spiro atoms. The van der Waals surface area contributed by atoms with E-state index in [1.54, 1.807) is 6.92 Å². The smallest absolute Gasteiger partial charge is 0.322 e. The summed E-state index contributed by atoms with van der Waals surface area (Å²) in [6.07, 6.45) is 5.92. The Morgan fingerprint density at radius 3 is 2.60 bits per heavy atom. The number of carbonyl (C=O) groups excluding carboxylic acids is 3. The van der Waals surface area contributed by atoms with E-state index in [2.05, 4.69) is 10.7 Å². The summed E-state index contributed by atoms with van der Waals surface area (Å²) in [5.41, 5.74) is 2.60. The predicted molar refractivity (Wildman–Crippen MR) is 93.3 cm³/mol. The highest BCUT2D eigenvalue weighted by Crippen LogP contribution is 2.28. The van der Waals surface area contributed by atoms with Crippen LogP contribution in [-0.2, 0) is 16.0 Å². The van der Waals surface area contributed by atoms with Gasteiger partial charge in [-0.3, -0.25) is 15.0 Å². The molecular weight excluding hydrogens is 318 g/mol. The second-order valence-corrected chi connectivity index (χ2v) is 7.28. The van der Waals surface area contributed by atoms with Crippen molar-refractivity contribution in [1.82, 2.24) is 15.8 Å².